The van der Waals surface area contributed by atoms with Gasteiger partial charge >= 0.3 is 11.9 Å². The van der Waals surface area contributed by atoms with Gasteiger partial charge in [-0.3, -0.25) is 14.5 Å². The number of fused-ring (bicyclic) bond motifs is 1. The van der Waals surface area contributed by atoms with Gasteiger partial charge in [0.2, 0.25) is 5.91 Å². The van der Waals surface area contributed by atoms with Crippen LogP contribution in [-0.2, 0) is 25.7 Å². The summed E-state index contributed by atoms with van der Waals surface area (Å²) in [5.41, 5.74) is 2.22. The number of carbonyl (C=O) groups is 3. The number of esters is 2. The van der Waals surface area contributed by atoms with E-state index in [9.17, 15) is 14.4 Å². The fourth-order valence-corrected chi connectivity index (χ4v) is 4.87. The highest BCUT2D eigenvalue weighted by Gasteiger charge is 2.42. The molecule has 0 aromatic heterocycles. The van der Waals surface area contributed by atoms with Crippen LogP contribution in [0.15, 0.2) is 64.8 Å². The first-order valence-electron chi connectivity index (χ1n) is 10.7. The van der Waals surface area contributed by atoms with Gasteiger partial charge in [-0.05, 0) is 30.2 Å². The van der Waals surface area contributed by atoms with Gasteiger partial charge in [-0.2, -0.15) is 0 Å². The van der Waals surface area contributed by atoms with E-state index in [1.54, 1.807) is 30.0 Å². The summed E-state index contributed by atoms with van der Waals surface area (Å²) in [7, 11) is 1.46. The zero-order chi connectivity index (χ0) is 24.2. The molecule has 0 radical (unpaired) electrons. The average Bonchev–Trinajstić information content (AvgIpc) is 2.82. The molecule has 2 aliphatic rings. The van der Waals surface area contributed by atoms with Crippen molar-refractivity contribution in [2.75, 3.05) is 12.9 Å². The van der Waals surface area contributed by atoms with E-state index in [2.05, 4.69) is 4.99 Å². The SMILES string of the molecule is COc1cc(C2C(C(=O)OCc3ccccc3)=C(C)N=C3SCCC(=O)N32)ccc1OC(C)=O. The number of rotatable bonds is 6. The van der Waals surface area contributed by atoms with Crippen molar-refractivity contribution < 1.29 is 28.6 Å². The van der Waals surface area contributed by atoms with Crippen molar-refractivity contribution in [3.63, 3.8) is 0 Å². The second-order valence-electron chi connectivity index (χ2n) is 7.72. The maximum absolute atomic E-state index is 13.3. The Labute approximate surface area is 201 Å². The van der Waals surface area contributed by atoms with Gasteiger partial charge in [0.15, 0.2) is 16.7 Å². The summed E-state index contributed by atoms with van der Waals surface area (Å²) in [6, 6.07) is 13.6. The zero-order valence-electron chi connectivity index (χ0n) is 19.1. The van der Waals surface area contributed by atoms with Gasteiger partial charge in [0.1, 0.15) is 6.61 Å². The molecule has 8 nitrogen and oxygen atoms in total. The summed E-state index contributed by atoms with van der Waals surface area (Å²) in [6.07, 6.45) is 0.328. The number of ether oxygens (including phenoxy) is 3. The molecule has 1 unspecified atom stereocenters. The molecule has 1 saturated heterocycles. The number of allylic oxidation sites excluding steroid dienone is 1. The van der Waals surface area contributed by atoms with Gasteiger partial charge in [-0.15, -0.1) is 0 Å². The molecule has 0 spiro atoms. The van der Waals surface area contributed by atoms with Gasteiger partial charge in [-0.25, -0.2) is 9.79 Å². The standard InChI is InChI=1S/C25H24N2O6S/c1-15-22(24(30)32-14-17-7-5-4-6-8-17)23(27-21(29)11-12-34-25(27)26-15)18-9-10-19(33-16(2)28)20(13-18)31-3/h4-10,13,23H,11-12,14H2,1-3H3. The molecular formula is C25H24N2O6S. The Hall–Kier alpha value is -3.59. The summed E-state index contributed by atoms with van der Waals surface area (Å²) in [5, 5.41) is 0.543. The van der Waals surface area contributed by atoms with Crippen LogP contribution in [0.2, 0.25) is 0 Å². The lowest BCUT2D eigenvalue weighted by molar-refractivity contribution is -0.141. The number of amides is 1. The van der Waals surface area contributed by atoms with E-state index in [1.807, 2.05) is 30.3 Å². The molecule has 0 aliphatic carbocycles. The smallest absolute Gasteiger partial charge is 0.338 e. The van der Waals surface area contributed by atoms with E-state index in [-0.39, 0.29) is 23.8 Å². The summed E-state index contributed by atoms with van der Waals surface area (Å²) < 4.78 is 16.3. The van der Waals surface area contributed by atoms with Crippen LogP contribution in [0.1, 0.15) is 37.4 Å². The number of nitrogens with zero attached hydrogens (tertiary/aromatic N) is 2. The molecule has 2 heterocycles. The zero-order valence-corrected chi connectivity index (χ0v) is 19.9. The van der Waals surface area contributed by atoms with Gasteiger partial charge in [0.25, 0.3) is 0 Å². The number of benzene rings is 2. The van der Waals surface area contributed by atoms with Crippen LogP contribution < -0.4 is 9.47 Å². The Bertz CT molecular complexity index is 1190. The number of aliphatic imine (C=N–C) groups is 1. The van der Waals surface area contributed by atoms with Crippen LogP contribution in [0.3, 0.4) is 0 Å². The largest absolute Gasteiger partial charge is 0.493 e. The third-order valence-corrected chi connectivity index (χ3v) is 6.35. The minimum atomic E-state index is -0.753. The fraction of sp³-hybridized carbons (Fsp3) is 0.280. The third kappa shape index (κ3) is 4.84. The van der Waals surface area contributed by atoms with Crippen molar-refractivity contribution in [3.05, 3.63) is 70.9 Å². The predicted octanol–water partition coefficient (Wildman–Crippen LogP) is 4.01. The van der Waals surface area contributed by atoms with Crippen LogP contribution in [-0.4, -0.2) is 40.8 Å². The number of hydrogen-bond donors (Lipinski definition) is 0. The Morgan fingerprint density at radius 2 is 1.91 bits per heavy atom. The molecule has 1 amide bonds. The van der Waals surface area contributed by atoms with Crippen molar-refractivity contribution in [1.29, 1.82) is 0 Å². The first kappa shape index (κ1) is 23.6. The maximum atomic E-state index is 13.3. The molecule has 2 aromatic rings. The summed E-state index contributed by atoms with van der Waals surface area (Å²) in [4.78, 5) is 43.9. The van der Waals surface area contributed by atoms with E-state index in [0.717, 1.165) is 5.56 Å². The van der Waals surface area contributed by atoms with Crippen molar-refractivity contribution in [1.82, 2.24) is 4.90 Å². The normalized spacial score (nSPS) is 17.6. The number of thioether (sulfide) groups is 1. The lowest BCUT2D eigenvalue weighted by atomic mass is 9.93. The maximum Gasteiger partial charge on any atom is 0.338 e. The molecule has 9 heteroatoms. The van der Waals surface area contributed by atoms with E-state index >= 15 is 0 Å². The molecule has 4 rings (SSSR count). The highest BCUT2D eigenvalue weighted by molar-refractivity contribution is 8.14. The monoisotopic (exact) mass is 480 g/mol. The van der Waals surface area contributed by atoms with Crippen molar-refractivity contribution >= 4 is 34.8 Å². The molecular weight excluding hydrogens is 456 g/mol. The van der Waals surface area contributed by atoms with Crippen LogP contribution in [0.5, 0.6) is 11.5 Å². The predicted molar refractivity (Wildman–Crippen MR) is 127 cm³/mol. The lowest BCUT2D eigenvalue weighted by Crippen LogP contribution is -2.45. The Balaban J connectivity index is 1.74. The van der Waals surface area contributed by atoms with Crippen LogP contribution in [0, 0.1) is 0 Å². The Morgan fingerprint density at radius 3 is 2.62 bits per heavy atom. The van der Waals surface area contributed by atoms with Crippen LogP contribution in [0.25, 0.3) is 0 Å². The topological polar surface area (TPSA) is 94.5 Å². The van der Waals surface area contributed by atoms with E-state index < -0.39 is 18.0 Å². The van der Waals surface area contributed by atoms with Crippen molar-refractivity contribution in [2.24, 2.45) is 4.99 Å². The minimum absolute atomic E-state index is 0.0944. The highest BCUT2D eigenvalue weighted by Crippen LogP contribution is 2.42. The van der Waals surface area contributed by atoms with Gasteiger partial charge in [0.05, 0.1) is 24.4 Å². The molecule has 34 heavy (non-hydrogen) atoms. The molecule has 176 valence electrons. The quantitative estimate of drug-likeness (QED) is 0.455. The van der Waals surface area contributed by atoms with E-state index in [1.165, 1.54) is 25.8 Å². The Kier molecular flexibility index (Phi) is 7.02. The number of methoxy groups -OCH3 is 1. The second-order valence-corrected chi connectivity index (χ2v) is 8.79. The van der Waals surface area contributed by atoms with Gasteiger partial charge < -0.3 is 14.2 Å². The highest BCUT2D eigenvalue weighted by atomic mass is 32.2. The van der Waals surface area contributed by atoms with E-state index in [0.29, 0.717) is 34.4 Å². The molecule has 2 aromatic carbocycles. The van der Waals surface area contributed by atoms with Crippen molar-refractivity contribution in [2.45, 2.75) is 32.9 Å². The van der Waals surface area contributed by atoms with Gasteiger partial charge in [-0.1, -0.05) is 48.2 Å². The van der Waals surface area contributed by atoms with Gasteiger partial charge in [0, 0.05) is 19.1 Å². The number of amidine groups is 1. The van der Waals surface area contributed by atoms with E-state index in [4.69, 9.17) is 14.2 Å². The number of carbonyl (C=O) groups excluding carboxylic acids is 3. The molecule has 1 atom stereocenters. The molecule has 0 bridgehead atoms. The average molecular weight is 481 g/mol. The first-order valence-corrected chi connectivity index (χ1v) is 11.7. The molecule has 0 saturated carbocycles. The van der Waals surface area contributed by atoms with Crippen LogP contribution >= 0.6 is 11.8 Å². The Morgan fingerprint density at radius 1 is 1.15 bits per heavy atom. The summed E-state index contributed by atoms with van der Waals surface area (Å²) in [5.74, 6) is 0.00487. The van der Waals surface area contributed by atoms with Crippen LogP contribution in [0.4, 0.5) is 0 Å². The number of hydrogen-bond acceptors (Lipinski definition) is 8. The van der Waals surface area contributed by atoms with Crippen molar-refractivity contribution in [3.8, 4) is 11.5 Å². The molecule has 0 N–H and O–H groups in total. The molecule has 2 aliphatic heterocycles. The fourth-order valence-electron chi connectivity index (χ4n) is 3.87. The molecule has 1 fully saturated rings. The third-order valence-electron chi connectivity index (χ3n) is 5.40. The lowest BCUT2D eigenvalue weighted by Gasteiger charge is -2.39. The summed E-state index contributed by atoms with van der Waals surface area (Å²) >= 11 is 1.47. The first-order chi connectivity index (χ1) is 16.4. The second kappa shape index (κ2) is 10.1. The minimum Gasteiger partial charge on any atom is -0.493 e. The summed E-state index contributed by atoms with van der Waals surface area (Å²) in [6.45, 7) is 3.13.